The van der Waals surface area contributed by atoms with Crippen LogP contribution in [0.1, 0.15) is 6.92 Å². The molecule has 1 heterocycles. The zero-order valence-electron chi connectivity index (χ0n) is 13.5. The van der Waals surface area contributed by atoms with E-state index >= 15 is 0 Å². The Morgan fingerprint density at radius 3 is 1.77 bits per heavy atom. The fraction of sp³-hybridized carbons (Fsp3) is 0.800. The lowest BCUT2D eigenvalue weighted by Gasteiger charge is -2.17. The van der Waals surface area contributed by atoms with E-state index in [1.807, 2.05) is 6.92 Å². The molecule has 8 nitrogen and oxygen atoms in total. The normalized spacial score (nSPS) is 15.8. The SMILES string of the molecule is CCOCCN1C=CN(C)C1.O=S(=O)(NS(=O)(=O)C(F)(F)F)C(F)(F)F. The molecule has 0 aliphatic carbocycles. The topological polar surface area (TPSA) is 96.0 Å². The average Bonchev–Trinajstić information content (AvgIpc) is 2.82. The van der Waals surface area contributed by atoms with Gasteiger partial charge in [-0.3, -0.25) is 0 Å². The maximum absolute atomic E-state index is 11.5. The van der Waals surface area contributed by atoms with Gasteiger partial charge in [-0.25, -0.2) is 16.8 Å². The van der Waals surface area contributed by atoms with Crippen molar-refractivity contribution >= 4 is 20.0 Å². The molecule has 16 heteroatoms. The maximum Gasteiger partial charge on any atom is 0.512 e. The zero-order chi connectivity index (χ0) is 20.8. The molecule has 0 spiro atoms. The third kappa shape index (κ3) is 7.96. The Labute approximate surface area is 146 Å². The first-order chi connectivity index (χ1) is 11.5. The van der Waals surface area contributed by atoms with Gasteiger partial charge in [0.2, 0.25) is 0 Å². The van der Waals surface area contributed by atoms with Crippen molar-refractivity contribution in [3.8, 4) is 0 Å². The van der Waals surface area contributed by atoms with Gasteiger partial charge in [-0.1, -0.05) is 4.13 Å². The fourth-order valence-corrected chi connectivity index (χ4v) is 3.21. The lowest BCUT2D eigenvalue weighted by Crippen LogP contribution is -2.45. The van der Waals surface area contributed by atoms with Crippen molar-refractivity contribution in [3.05, 3.63) is 12.4 Å². The van der Waals surface area contributed by atoms with Gasteiger partial charge in [-0.05, 0) is 6.92 Å². The summed E-state index contributed by atoms with van der Waals surface area (Å²) in [5.41, 5.74) is -12.3. The number of sulfonamides is 2. The minimum Gasteiger partial charge on any atom is -0.380 e. The molecule has 1 rings (SSSR count). The molecule has 1 aliphatic heterocycles. The van der Waals surface area contributed by atoms with Gasteiger partial charge in [0.1, 0.15) is 0 Å². The van der Waals surface area contributed by atoms with E-state index in [4.69, 9.17) is 4.74 Å². The predicted octanol–water partition coefficient (Wildman–Crippen LogP) is 0.974. The first-order valence-electron chi connectivity index (χ1n) is 6.65. The van der Waals surface area contributed by atoms with Crippen LogP contribution in [-0.2, 0) is 24.8 Å². The number of hydrogen-bond donors (Lipinski definition) is 1. The molecule has 0 radical (unpaired) electrons. The Morgan fingerprint density at radius 2 is 1.46 bits per heavy atom. The van der Waals surface area contributed by atoms with Gasteiger partial charge in [0.15, 0.2) is 0 Å². The lowest BCUT2D eigenvalue weighted by molar-refractivity contribution is -0.0476. The fourth-order valence-electron chi connectivity index (χ4n) is 1.30. The van der Waals surface area contributed by atoms with E-state index in [2.05, 4.69) is 29.2 Å². The number of nitrogens with one attached hydrogen (secondary N) is 1. The molecule has 0 unspecified atom stereocenters. The van der Waals surface area contributed by atoms with E-state index in [0.29, 0.717) is 0 Å². The highest BCUT2D eigenvalue weighted by Crippen LogP contribution is 2.27. The second-order valence-corrected chi connectivity index (χ2v) is 8.29. The second kappa shape index (κ2) is 9.09. The lowest BCUT2D eigenvalue weighted by atomic mass is 10.6. The molecule has 26 heavy (non-hydrogen) atoms. The van der Waals surface area contributed by atoms with Crippen molar-refractivity contribution in [1.29, 1.82) is 0 Å². The number of alkyl halides is 6. The van der Waals surface area contributed by atoms with Crippen LogP contribution >= 0.6 is 0 Å². The van der Waals surface area contributed by atoms with Gasteiger partial charge in [0.25, 0.3) is 0 Å². The molecular weight excluding hydrogens is 420 g/mol. The smallest absolute Gasteiger partial charge is 0.380 e. The summed E-state index contributed by atoms with van der Waals surface area (Å²) in [6.07, 6.45) is 4.17. The van der Waals surface area contributed by atoms with Gasteiger partial charge in [-0.15, -0.1) is 0 Å². The third-order valence-corrected chi connectivity index (χ3v) is 5.47. The molecule has 156 valence electrons. The third-order valence-electron chi connectivity index (χ3n) is 2.49. The quantitative estimate of drug-likeness (QED) is 0.489. The Bertz CT molecular complexity index is 632. The van der Waals surface area contributed by atoms with Gasteiger partial charge in [0, 0.05) is 32.6 Å². The maximum atomic E-state index is 11.5. The summed E-state index contributed by atoms with van der Waals surface area (Å²) in [5, 5.41) is 0. The molecule has 0 amide bonds. The number of hydrogen-bond acceptors (Lipinski definition) is 7. The first-order valence-corrected chi connectivity index (χ1v) is 9.61. The Hall–Kier alpha value is -1.26. The van der Waals surface area contributed by atoms with Crippen molar-refractivity contribution in [3.63, 3.8) is 0 Å². The molecule has 0 aromatic carbocycles. The standard InChI is InChI=1S/C8H16N2O.C2HF6NO4S2/c1-3-11-7-6-10-5-4-9(2)8-10;3-1(4,5)14(10,11)9-15(12,13)2(6,7)8/h4-5H,3,6-8H2,1-2H3;9H. The van der Waals surface area contributed by atoms with E-state index in [1.54, 1.807) is 0 Å². The summed E-state index contributed by atoms with van der Waals surface area (Å²) in [7, 11) is -11.1. The molecule has 0 atom stereocenters. The Kier molecular flexibility index (Phi) is 8.65. The molecule has 0 saturated heterocycles. The minimum atomic E-state index is -6.60. The van der Waals surface area contributed by atoms with Gasteiger partial charge < -0.3 is 14.5 Å². The van der Waals surface area contributed by atoms with Crippen molar-refractivity contribution in [1.82, 2.24) is 13.9 Å². The van der Waals surface area contributed by atoms with Crippen molar-refractivity contribution < 1.29 is 47.9 Å². The van der Waals surface area contributed by atoms with Crippen LogP contribution in [0.2, 0.25) is 0 Å². The number of halogens is 6. The van der Waals surface area contributed by atoms with Crippen molar-refractivity contribution in [2.75, 3.05) is 33.5 Å². The molecule has 1 N–H and O–H groups in total. The number of nitrogens with zero attached hydrogens (tertiary/aromatic N) is 2. The van der Waals surface area contributed by atoms with Crippen LogP contribution in [0.4, 0.5) is 26.3 Å². The van der Waals surface area contributed by atoms with E-state index in [1.165, 1.54) is 0 Å². The second-order valence-electron chi connectivity index (χ2n) is 4.69. The summed E-state index contributed by atoms with van der Waals surface area (Å²) in [4.78, 5) is 4.38. The van der Waals surface area contributed by atoms with Crippen LogP contribution in [0.15, 0.2) is 12.4 Å². The van der Waals surface area contributed by atoms with Crippen LogP contribution in [-0.4, -0.2) is 71.1 Å². The summed E-state index contributed by atoms with van der Waals surface area (Å²) >= 11 is 0. The average molecular weight is 437 g/mol. The van der Waals surface area contributed by atoms with E-state index in [0.717, 1.165) is 26.4 Å². The molecular formula is C10H17F6N3O5S2. The van der Waals surface area contributed by atoms with E-state index in [-0.39, 0.29) is 0 Å². The zero-order valence-corrected chi connectivity index (χ0v) is 15.1. The molecule has 0 saturated carbocycles. The van der Waals surface area contributed by atoms with Crippen LogP contribution in [0.25, 0.3) is 0 Å². The number of ether oxygens (including phenoxy) is 1. The Balaban J connectivity index is 0.000000502. The minimum absolute atomic E-state index is 0.493. The molecule has 0 aromatic heterocycles. The van der Waals surface area contributed by atoms with Crippen LogP contribution in [0.5, 0.6) is 0 Å². The highest BCUT2D eigenvalue weighted by atomic mass is 32.3. The van der Waals surface area contributed by atoms with Crippen LogP contribution < -0.4 is 4.13 Å². The number of rotatable bonds is 6. The largest absolute Gasteiger partial charge is 0.512 e. The van der Waals surface area contributed by atoms with E-state index in [9.17, 15) is 43.2 Å². The van der Waals surface area contributed by atoms with Crippen LogP contribution in [0.3, 0.4) is 0 Å². The summed E-state index contributed by atoms with van der Waals surface area (Å²) in [6, 6.07) is 0. The first kappa shape index (κ1) is 24.7. The predicted molar refractivity (Wildman–Crippen MR) is 78.1 cm³/mol. The molecule has 0 bridgehead atoms. The summed E-state index contributed by atoms with van der Waals surface area (Å²) in [6.45, 7) is 5.65. The highest BCUT2D eigenvalue weighted by molar-refractivity contribution is 8.05. The Morgan fingerprint density at radius 1 is 1.00 bits per heavy atom. The van der Waals surface area contributed by atoms with Crippen LogP contribution in [0, 0.1) is 0 Å². The summed E-state index contributed by atoms with van der Waals surface area (Å²) in [5.74, 6) is 0. The molecule has 0 aromatic rings. The van der Waals surface area contributed by atoms with E-state index < -0.39 is 35.2 Å². The van der Waals surface area contributed by atoms with Gasteiger partial charge in [-0.2, -0.15) is 26.3 Å². The van der Waals surface area contributed by atoms with Crippen molar-refractivity contribution in [2.45, 2.75) is 17.9 Å². The monoisotopic (exact) mass is 437 g/mol. The van der Waals surface area contributed by atoms with Gasteiger partial charge >= 0.3 is 31.1 Å². The molecule has 0 fully saturated rings. The van der Waals surface area contributed by atoms with Crippen molar-refractivity contribution in [2.24, 2.45) is 0 Å². The highest BCUT2D eigenvalue weighted by Gasteiger charge is 2.55. The van der Waals surface area contributed by atoms with Gasteiger partial charge in [0.05, 0.1) is 13.3 Å². The summed E-state index contributed by atoms with van der Waals surface area (Å²) < 4.78 is 114. The molecule has 1 aliphatic rings.